The van der Waals surface area contributed by atoms with Crippen LogP contribution in [0, 0.1) is 3.57 Å². The van der Waals surface area contributed by atoms with Crippen LogP contribution in [0.2, 0.25) is 0 Å². The predicted octanol–water partition coefficient (Wildman–Crippen LogP) is 1.50. The Morgan fingerprint density at radius 3 is 2.81 bits per heavy atom. The molecular formula is C11H14INO3. The van der Waals surface area contributed by atoms with Gasteiger partial charge in [0.15, 0.2) is 0 Å². The van der Waals surface area contributed by atoms with E-state index in [0.717, 1.165) is 0 Å². The van der Waals surface area contributed by atoms with Crippen molar-refractivity contribution in [2.24, 2.45) is 0 Å². The van der Waals surface area contributed by atoms with Crippen LogP contribution in [0.5, 0.6) is 5.75 Å². The molecule has 4 nitrogen and oxygen atoms in total. The van der Waals surface area contributed by atoms with Gasteiger partial charge in [-0.1, -0.05) is 0 Å². The van der Waals surface area contributed by atoms with Crippen LogP contribution in [-0.2, 0) is 0 Å². The van der Waals surface area contributed by atoms with Crippen LogP contribution in [0.1, 0.15) is 23.7 Å². The number of aliphatic hydroxyl groups excluding tert-OH is 1. The second-order valence-electron chi connectivity index (χ2n) is 3.55. The molecule has 0 spiro atoms. The zero-order chi connectivity index (χ0) is 12.1. The van der Waals surface area contributed by atoms with Crippen molar-refractivity contribution in [3.63, 3.8) is 0 Å². The van der Waals surface area contributed by atoms with Gasteiger partial charge in [-0.25, -0.2) is 0 Å². The summed E-state index contributed by atoms with van der Waals surface area (Å²) >= 11 is 1.99. The molecule has 1 atom stereocenters. The van der Waals surface area contributed by atoms with E-state index in [1.54, 1.807) is 12.1 Å². The molecule has 16 heavy (non-hydrogen) atoms. The van der Waals surface area contributed by atoms with Crippen LogP contribution < -0.4 is 5.32 Å². The highest BCUT2D eigenvalue weighted by molar-refractivity contribution is 14.1. The van der Waals surface area contributed by atoms with Crippen LogP contribution in [0.15, 0.2) is 18.2 Å². The molecule has 1 rings (SSSR count). The number of aromatic hydroxyl groups is 1. The number of nitrogens with one attached hydrogen (secondary N) is 1. The van der Waals surface area contributed by atoms with E-state index in [0.29, 0.717) is 15.6 Å². The molecule has 1 amide bonds. The first-order chi connectivity index (χ1) is 7.54. The third kappa shape index (κ3) is 3.64. The molecule has 0 radical (unpaired) electrons. The summed E-state index contributed by atoms with van der Waals surface area (Å²) in [4.78, 5) is 11.7. The highest BCUT2D eigenvalue weighted by Crippen LogP contribution is 2.20. The Bertz CT molecular complexity index is 381. The second kappa shape index (κ2) is 6.05. The van der Waals surface area contributed by atoms with Crippen molar-refractivity contribution in [3.8, 4) is 5.75 Å². The Kier molecular flexibility index (Phi) is 5.01. The molecule has 0 fully saturated rings. The van der Waals surface area contributed by atoms with Gasteiger partial charge < -0.3 is 15.5 Å². The minimum absolute atomic E-state index is 0.0411. The van der Waals surface area contributed by atoms with Gasteiger partial charge in [-0.05, 0) is 54.1 Å². The number of benzene rings is 1. The Labute approximate surface area is 108 Å². The first kappa shape index (κ1) is 13.2. The molecule has 0 aliphatic carbocycles. The Morgan fingerprint density at radius 2 is 2.25 bits per heavy atom. The average Bonchev–Trinajstić information content (AvgIpc) is 2.22. The van der Waals surface area contributed by atoms with Gasteiger partial charge in [-0.3, -0.25) is 4.79 Å². The number of carbonyl (C=O) groups excluding carboxylic acids is 1. The van der Waals surface area contributed by atoms with Gasteiger partial charge in [0.2, 0.25) is 0 Å². The average molecular weight is 335 g/mol. The molecule has 0 aliphatic heterocycles. The van der Waals surface area contributed by atoms with Gasteiger partial charge in [0.05, 0.1) is 3.57 Å². The number of rotatable bonds is 4. The number of phenols is 1. The summed E-state index contributed by atoms with van der Waals surface area (Å²) in [7, 11) is 0. The van der Waals surface area contributed by atoms with Gasteiger partial charge in [-0.2, -0.15) is 0 Å². The van der Waals surface area contributed by atoms with E-state index < -0.39 is 0 Å². The monoisotopic (exact) mass is 335 g/mol. The molecule has 1 unspecified atom stereocenters. The smallest absolute Gasteiger partial charge is 0.251 e. The van der Waals surface area contributed by atoms with E-state index in [-0.39, 0.29) is 24.3 Å². The van der Waals surface area contributed by atoms with Crippen LogP contribution in [0.4, 0.5) is 0 Å². The topological polar surface area (TPSA) is 69.6 Å². The lowest BCUT2D eigenvalue weighted by molar-refractivity contribution is 0.0934. The third-order valence-electron chi connectivity index (χ3n) is 2.15. The molecule has 0 saturated carbocycles. The summed E-state index contributed by atoms with van der Waals surface area (Å²) in [5, 5.41) is 20.9. The lowest BCUT2D eigenvalue weighted by Crippen LogP contribution is -2.33. The van der Waals surface area contributed by atoms with Crippen molar-refractivity contribution in [1.82, 2.24) is 5.32 Å². The number of halogens is 1. The number of hydrogen-bond acceptors (Lipinski definition) is 3. The summed E-state index contributed by atoms with van der Waals surface area (Å²) in [5.74, 6) is -0.143. The molecule has 88 valence electrons. The zero-order valence-electron chi connectivity index (χ0n) is 8.90. The second-order valence-corrected chi connectivity index (χ2v) is 4.72. The van der Waals surface area contributed by atoms with Crippen LogP contribution in [0.3, 0.4) is 0 Å². The largest absolute Gasteiger partial charge is 0.507 e. The van der Waals surface area contributed by atoms with E-state index in [1.807, 2.05) is 29.5 Å². The molecule has 1 aromatic rings. The number of aliphatic hydroxyl groups is 1. The molecular weight excluding hydrogens is 321 g/mol. The standard InChI is InChI=1S/C11H14INO3/c1-7(4-5-14)13-11(16)8-2-3-9(12)10(15)6-8/h2-3,6-7,14-15H,4-5H2,1H3,(H,13,16). The maximum absolute atomic E-state index is 11.7. The van der Waals surface area contributed by atoms with Crippen molar-refractivity contribution >= 4 is 28.5 Å². The van der Waals surface area contributed by atoms with Gasteiger partial charge in [0.25, 0.3) is 5.91 Å². The molecule has 0 saturated heterocycles. The SMILES string of the molecule is CC(CCO)NC(=O)c1ccc(I)c(O)c1. The van der Waals surface area contributed by atoms with E-state index in [1.165, 1.54) is 6.07 Å². The first-order valence-corrected chi connectivity index (χ1v) is 6.02. The van der Waals surface area contributed by atoms with Crippen molar-refractivity contribution in [3.05, 3.63) is 27.3 Å². The summed E-state index contributed by atoms with van der Waals surface area (Å²) in [6.45, 7) is 1.86. The Balaban J connectivity index is 2.69. The van der Waals surface area contributed by atoms with E-state index in [9.17, 15) is 9.90 Å². The molecule has 0 heterocycles. The lowest BCUT2D eigenvalue weighted by atomic mass is 10.1. The third-order valence-corrected chi connectivity index (χ3v) is 3.06. The normalized spacial score (nSPS) is 12.2. The maximum atomic E-state index is 11.7. The minimum Gasteiger partial charge on any atom is -0.507 e. The highest BCUT2D eigenvalue weighted by atomic mass is 127. The fraction of sp³-hybridized carbons (Fsp3) is 0.364. The van der Waals surface area contributed by atoms with E-state index >= 15 is 0 Å². The lowest BCUT2D eigenvalue weighted by Gasteiger charge is -2.12. The Morgan fingerprint density at radius 1 is 1.56 bits per heavy atom. The summed E-state index contributed by atoms with van der Waals surface area (Å²) in [5.41, 5.74) is 0.419. The highest BCUT2D eigenvalue weighted by Gasteiger charge is 2.10. The van der Waals surface area contributed by atoms with Crippen LogP contribution in [-0.4, -0.2) is 28.8 Å². The van der Waals surface area contributed by atoms with Crippen molar-refractivity contribution < 1.29 is 15.0 Å². The van der Waals surface area contributed by atoms with Crippen molar-refractivity contribution in [1.29, 1.82) is 0 Å². The molecule has 3 N–H and O–H groups in total. The van der Waals surface area contributed by atoms with Gasteiger partial charge in [0.1, 0.15) is 5.75 Å². The van der Waals surface area contributed by atoms with Crippen molar-refractivity contribution in [2.75, 3.05) is 6.61 Å². The number of carbonyl (C=O) groups is 1. The molecule has 0 aromatic heterocycles. The fourth-order valence-electron chi connectivity index (χ4n) is 1.23. The molecule has 0 bridgehead atoms. The summed E-state index contributed by atoms with van der Waals surface area (Å²) in [6, 6.07) is 4.69. The maximum Gasteiger partial charge on any atom is 0.251 e. The van der Waals surface area contributed by atoms with Crippen LogP contribution >= 0.6 is 22.6 Å². The number of phenolic OH excluding ortho intramolecular Hbond substituents is 1. The van der Waals surface area contributed by atoms with Gasteiger partial charge in [-0.15, -0.1) is 0 Å². The quantitative estimate of drug-likeness (QED) is 0.731. The predicted molar refractivity (Wildman–Crippen MR) is 69.5 cm³/mol. The molecule has 0 aliphatic rings. The first-order valence-electron chi connectivity index (χ1n) is 4.95. The summed E-state index contributed by atoms with van der Waals surface area (Å²) < 4.78 is 0.706. The van der Waals surface area contributed by atoms with Crippen LogP contribution in [0.25, 0.3) is 0 Å². The molecule has 5 heteroatoms. The van der Waals surface area contributed by atoms with Gasteiger partial charge in [0, 0.05) is 18.2 Å². The summed E-state index contributed by atoms with van der Waals surface area (Å²) in [6.07, 6.45) is 0.516. The number of hydrogen-bond donors (Lipinski definition) is 3. The van der Waals surface area contributed by atoms with Crippen molar-refractivity contribution in [2.45, 2.75) is 19.4 Å². The fourth-order valence-corrected chi connectivity index (χ4v) is 1.56. The molecule has 1 aromatic carbocycles. The van der Waals surface area contributed by atoms with Gasteiger partial charge >= 0.3 is 0 Å². The van der Waals surface area contributed by atoms with E-state index in [2.05, 4.69) is 5.32 Å². The number of amides is 1. The minimum atomic E-state index is -0.243. The zero-order valence-corrected chi connectivity index (χ0v) is 11.1. The Hall–Kier alpha value is -0.820. The van der Waals surface area contributed by atoms with E-state index in [4.69, 9.17) is 5.11 Å².